The van der Waals surface area contributed by atoms with Gasteiger partial charge in [-0.1, -0.05) is 19.1 Å². The highest BCUT2D eigenvalue weighted by Crippen LogP contribution is 2.38. The maximum atomic E-state index is 12.9. The smallest absolute Gasteiger partial charge is 0.238 e. The molecule has 1 aromatic carbocycles. The third-order valence-electron chi connectivity index (χ3n) is 4.60. The number of hydrogen-bond acceptors (Lipinski definition) is 6. The average Bonchev–Trinajstić information content (AvgIpc) is 3.01. The van der Waals surface area contributed by atoms with E-state index < -0.39 is 0 Å². The Labute approximate surface area is 168 Å². The normalized spacial score (nSPS) is 14.9. The summed E-state index contributed by atoms with van der Waals surface area (Å²) in [5.41, 5.74) is 1.73. The molecule has 7 heteroatoms. The molecule has 1 aliphatic heterocycles. The lowest BCUT2D eigenvalue weighted by Gasteiger charge is -2.21. The molecule has 142 valence electrons. The minimum Gasteiger partial charge on any atom is -0.496 e. The minimum atomic E-state index is -0.255. The summed E-state index contributed by atoms with van der Waals surface area (Å²) in [6.45, 7) is 3.76. The molecular weight excluding hydrogens is 378 g/mol. The molecule has 2 aromatic rings. The number of carbonyl (C=O) groups is 1. The van der Waals surface area contributed by atoms with Crippen molar-refractivity contribution in [3.63, 3.8) is 0 Å². The van der Waals surface area contributed by atoms with Crippen LogP contribution >= 0.6 is 23.1 Å². The molecule has 1 N–H and O–H groups in total. The number of anilines is 1. The first-order valence-corrected chi connectivity index (χ1v) is 10.6. The number of methoxy groups -OCH3 is 1. The monoisotopic (exact) mass is 401 g/mol. The second-order valence-electron chi connectivity index (χ2n) is 6.46. The predicted octanol–water partition coefficient (Wildman–Crippen LogP) is 4.13. The second kappa shape index (κ2) is 8.79. The van der Waals surface area contributed by atoms with Crippen molar-refractivity contribution in [3.05, 3.63) is 40.3 Å². The number of rotatable bonds is 6. The van der Waals surface area contributed by atoms with Crippen LogP contribution in [-0.4, -0.2) is 36.8 Å². The fourth-order valence-corrected chi connectivity index (χ4v) is 5.47. The lowest BCUT2D eigenvalue weighted by Crippen LogP contribution is -2.25. The first kappa shape index (κ1) is 19.7. The number of fused-ring (bicyclic) bond motifs is 1. The number of amides is 1. The lowest BCUT2D eigenvalue weighted by molar-refractivity contribution is -0.115. The zero-order chi connectivity index (χ0) is 19.4. The highest BCUT2D eigenvalue weighted by molar-refractivity contribution is 8.00. The fraction of sp³-hybridized carbons (Fsp3) is 0.400. The van der Waals surface area contributed by atoms with E-state index in [0.717, 1.165) is 35.7 Å². The van der Waals surface area contributed by atoms with E-state index in [1.807, 2.05) is 31.2 Å². The van der Waals surface area contributed by atoms with E-state index in [-0.39, 0.29) is 11.2 Å². The van der Waals surface area contributed by atoms with Gasteiger partial charge in [0.25, 0.3) is 0 Å². The molecule has 3 rings (SSSR count). The molecule has 1 atom stereocenters. The molecule has 1 unspecified atom stereocenters. The van der Waals surface area contributed by atoms with Gasteiger partial charge in [0, 0.05) is 18.0 Å². The lowest BCUT2D eigenvalue weighted by atomic mass is 10.0. The molecule has 1 amide bonds. The van der Waals surface area contributed by atoms with Crippen LogP contribution in [0, 0.1) is 11.3 Å². The van der Waals surface area contributed by atoms with E-state index in [9.17, 15) is 10.1 Å². The summed E-state index contributed by atoms with van der Waals surface area (Å²) >= 11 is 3.02. The van der Waals surface area contributed by atoms with Gasteiger partial charge in [0.15, 0.2) is 0 Å². The molecule has 0 saturated carbocycles. The topological polar surface area (TPSA) is 65.4 Å². The van der Waals surface area contributed by atoms with E-state index in [1.165, 1.54) is 28.0 Å². The van der Waals surface area contributed by atoms with Crippen molar-refractivity contribution in [2.75, 3.05) is 26.0 Å². The zero-order valence-corrected chi connectivity index (χ0v) is 17.4. The van der Waals surface area contributed by atoms with Crippen molar-refractivity contribution < 1.29 is 9.53 Å². The van der Waals surface area contributed by atoms with Crippen LogP contribution in [0.2, 0.25) is 0 Å². The van der Waals surface area contributed by atoms with E-state index in [4.69, 9.17) is 4.74 Å². The summed E-state index contributed by atoms with van der Waals surface area (Å²) in [4.78, 5) is 17.3. The maximum Gasteiger partial charge on any atom is 0.238 e. The van der Waals surface area contributed by atoms with Crippen LogP contribution in [0.1, 0.15) is 29.3 Å². The predicted molar refractivity (Wildman–Crippen MR) is 111 cm³/mol. The van der Waals surface area contributed by atoms with E-state index >= 15 is 0 Å². The summed E-state index contributed by atoms with van der Waals surface area (Å²) in [6, 6.07) is 10.0. The van der Waals surface area contributed by atoms with Crippen molar-refractivity contribution >= 4 is 34.0 Å². The van der Waals surface area contributed by atoms with Crippen LogP contribution in [0.4, 0.5) is 5.00 Å². The Morgan fingerprint density at radius 2 is 2.26 bits per heavy atom. The van der Waals surface area contributed by atoms with E-state index in [2.05, 4.69) is 23.3 Å². The summed E-state index contributed by atoms with van der Waals surface area (Å²) in [6.07, 6.45) is 1.54. The van der Waals surface area contributed by atoms with Gasteiger partial charge >= 0.3 is 0 Å². The van der Waals surface area contributed by atoms with Gasteiger partial charge in [0.05, 0.1) is 22.8 Å². The molecule has 2 heterocycles. The Morgan fingerprint density at radius 3 is 2.96 bits per heavy atom. The van der Waals surface area contributed by atoms with Gasteiger partial charge in [-0.05, 0) is 37.6 Å². The molecule has 0 spiro atoms. The first-order valence-electron chi connectivity index (χ1n) is 8.91. The minimum absolute atomic E-state index is 0.0724. The molecular formula is C20H23N3O2S2. The molecule has 0 aliphatic carbocycles. The number of likely N-dealkylation sites (N-methyl/N-ethyl adjacent to an activating group) is 1. The highest BCUT2D eigenvalue weighted by Gasteiger charge is 2.26. The van der Waals surface area contributed by atoms with E-state index in [1.54, 1.807) is 7.11 Å². The van der Waals surface area contributed by atoms with Crippen LogP contribution in [0.5, 0.6) is 5.75 Å². The van der Waals surface area contributed by atoms with Gasteiger partial charge in [0.2, 0.25) is 5.91 Å². The van der Waals surface area contributed by atoms with Gasteiger partial charge in [0.1, 0.15) is 16.8 Å². The van der Waals surface area contributed by atoms with Crippen molar-refractivity contribution in [1.82, 2.24) is 4.90 Å². The van der Waals surface area contributed by atoms with Crippen LogP contribution in [0.25, 0.3) is 0 Å². The molecule has 27 heavy (non-hydrogen) atoms. The summed E-state index contributed by atoms with van der Waals surface area (Å²) in [5, 5.41) is 13.1. The Kier molecular flexibility index (Phi) is 6.42. The summed E-state index contributed by atoms with van der Waals surface area (Å²) in [7, 11) is 3.71. The van der Waals surface area contributed by atoms with Crippen LogP contribution in [0.3, 0.4) is 0 Å². The molecule has 0 saturated heterocycles. The van der Waals surface area contributed by atoms with Gasteiger partial charge in [-0.3, -0.25) is 4.79 Å². The number of carbonyl (C=O) groups excluding carboxylic acids is 1. The second-order valence-corrected chi connectivity index (χ2v) is 8.81. The zero-order valence-electron chi connectivity index (χ0n) is 15.7. The van der Waals surface area contributed by atoms with Crippen molar-refractivity contribution in [2.45, 2.75) is 36.5 Å². The van der Waals surface area contributed by atoms with Crippen LogP contribution in [-0.2, 0) is 17.8 Å². The molecule has 0 fully saturated rings. The average molecular weight is 402 g/mol. The Bertz CT molecular complexity index is 873. The third kappa shape index (κ3) is 4.29. The summed E-state index contributed by atoms with van der Waals surface area (Å²) < 4.78 is 5.39. The maximum absolute atomic E-state index is 12.9. The first-order chi connectivity index (χ1) is 13.1. The number of nitrogens with zero attached hydrogens (tertiary/aromatic N) is 2. The number of benzene rings is 1. The molecule has 1 aliphatic rings. The number of hydrogen-bond donors (Lipinski definition) is 1. The quantitative estimate of drug-likeness (QED) is 0.738. The standard InChI is InChI=1S/C20H23N3O2S2/c1-4-16(26-17-8-6-5-7-15(17)25-3)19(24)22-20-14(11-21)13-9-10-23(2)12-18(13)27-20/h5-8,16H,4,9-10,12H2,1-3H3,(H,22,24). The largest absolute Gasteiger partial charge is 0.496 e. The van der Waals surface area contributed by atoms with Gasteiger partial charge in [-0.2, -0.15) is 5.26 Å². The van der Waals surface area contributed by atoms with Crippen molar-refractivity contribution in [2.24, 2.45) is 0 Å². The summed E-state index contributed by atoms with van der Waals surface area (Å²) in [5.74, 6) is 0.693. The number of para-hydroxylation sites is 1. The van der Waals surface area contributed by atoms with Gasteiger partial charge < -0.3 is 15.0 Å². The molecule has 5 nitrogen and oxygen atoms in total. The molecule has 1 aromatic heterocycles. The Hall–Kier alpha value is -2.01. The van der Waals surface area contributed by atoms with E-state index in [0.29, 0.717) is 17.0 Å². The third-order valence-corrected chi connectivity index (χ3v) is 7.15. The number of thioether (sulfide) groups is 1. The van der Waals surface area contributed by atoms with Crippen LogP contribution < -0.4 is 10.1 Å². The highest BCUT2D eigenvalue weighted by atomic mass is 32.2. The van der Waals surface area contributed by atoms with Crippen molar-refractivity contribution in [3.8, 4) is 11.8 Å². The van der Waals surface area contributed by atoms with Gasteiger partial charge in [-0.25, -0.2) is 0 Å². The number of thiophene rings is 1. The van der Waals surface area contributed by atoms with Gasteiger partial charge in [-0.15, -0.1) is 23.1 Å². The number of nitrogens with one attached hydrogen (secondary N) is 1. The molecule has 0 radical (unpaired) electrons. The fourth-order valence-electron chi connectivity index (χ4n) is 3.12. The Morgan fingerprint density at radius 1 is 1.48 bits per heavy atom. The number of nitriles is 1. The Balaban J connectivity index is 1.79. The number of ether oxygens (including phenoxy) is 1. The van der Waals surface area contributed by atoms with Crippen molar-refractivity contribution in [1.29, 1.82) is 5.26 Å². The molecule has 0 bridgehead atoms. The van der Waals surface area contributed by atoms with Crippen LogP contribution in [0.15, 0.2) is 29.2 Å². The SMILES string of the molecule is CCC(Sc1ccccc1OC)C(=O)Nc1sc2c(c1C#N)CCN(C)C2.